The zero-order valence-corrected chi connectivity index (χ0v) is 16.8. The summed E-state index contributed by atoms with van der Waals surface area (Å²) in [7, 11) is 0. The molecule has 0 amide bonds. The van der Waals surface area contributed by atoms with E-state index in [1.54, 1.807) is 6.92 Å². The van der Waals surface area contributed by atoms with Gasteiger partial charge >= 0.3 is 5.97 Å². The van der Waals surface area contributed by atoms with Gasteiger partial charge in [0, 0.05) is 18.8 Å². The van der Waals surface area contributed by atoms with E-state index < -0.39 is 18.2 Å². The third-order valence-electron chi connectivity index (χ3n) is 5.07. The topological polar surface area (TPSA) is 94.8 Å². The van der Waals surface area contributed by atoms with Crippen LogP contribution in [0.5, 0.6) is 0 Å². The van der Waals surface area contributed by atoms with Crippen molar-refractivity contribution in [1.29, 1.82) is 0 Å². The van der Waals surface area contributed by atoms with Gasteiger partial charge in [0.15, 0.2) is 0 Å². The molecule has 152 valence electrons. The molecule has 1 fully saturated rings. The Bertz CT molecular complexity index is 608. The molecule has 27 heavy (non-hydrogen) atoms. The highest BCUT2D eigenvalue weighted by Gasteiger charge is 2.34. The second kappa shape index (κ2) is 11.2. The third-order valence-corrected chi connectivity index (χ3v) is 5.07. The SMILES string of the molecule is CCCCCCC=C[C@H]1CCC(=O)[C@@H]1CC(C)=C=C(C)CC(O)(O)C(=O)O. The van der Waals surface area contributed by atoms with Crippen LogP contribution in [0.15, 0.2) is 29.0 Å². The molecule has 0 saturated heterocycles. The van der Waals surface area contributed by atoms with Crippen LogP contribution in [0.3, 0.4) is 0 Å². The summed E-state index contributed by atoms with van der Waals surface area (Å²) in [6.07, 6.45) is 12.0. The van der Waals surface area contributed by atoms with E-state index in [1.165, 1.54) is 25.7 Å². The van der Waals surface area contributed by atoms with E-state index in [0.717, 1.165) is 18.4 Å². The van der Waals surface area contributed by atoms with Crippen molar-refractivity contribution in [2.24, 2.45) is 11.8 Å². The van der Waals surface area contributed by atoms with Gasteiger partial charge < -0.3 is 15.3 Å². The molecule has 1 saturated carbocycles. The Morgan fingerprint density at radius 2 is 1.93 bits per heavy atom. The van der Waals surface area contributed by atoms with E-state index in [2.05, 4.69) is 24.8 Å². The monoisotopic (exact) mass is 378 g/mol. The zero-order chi connectivity index (χ0) is 20.4. The molecule has 2 atom stereocenters. The molecule has 0 unspecified atom stereocenters. The molecule has 1 aliphatic rings. The Kier molecular flexibility index (Phi) is 9.71. The number of rotatable bonds is 11. The minimum Gasteiger partial charge on any atom is -0.477 e. The van der Waals surface area contributed by atoms with Crippen LogP contribution in [0.2, 0.25) is 0 Å². The molecule has 0 heterocycles. The first-order chi connectivity index (χ1) is 12.7. The molecule has 0 bridgehead atoms. The van der Waals surface area contributed by atoms with Crippen LogP contribution >= 0.6 is 0 Å². The fraction of sp³-hybridized carbons (Fsp3) is 0.682. The van der Waals surface area contributed by atoms with Crippen molar-refractivity contribution in [3.8, 4) is 0 Å². The number of allylic oxidation sites excluding steroid dienone is 2. The van der Waals surface area contributed by atoms with E-state index in [9.17, 15) is 19.8 Å². The normalized spacial score (nSPS) is 20.1. The van der Waals surface area contributed by atoms with Crippen LogP contribution in [0.4, 0.5) is 0 Å². The molecular weight excluding hydrogens is 344 g/mol. The van der Waals surface area contributed by atoms with E-state index in [-0.39, 0.29) is 17.6 Å². The number of Topliss-reactive ketones (excluding diaryl/α,β-unsaturated/α-hetero) is 1. The average Bonchev–Trinajstić information content (AvgIpc) is 2.90. The first-order valence-electron chi connectivity index (χ1n) is 9.96. The molecule has 0 aromatic carbocycles. The molecule has 1 aliphatic carbocycles. The van der Waals surface area contributed by atoms with E-state index in [0.29, 0.717) is 18.4 Å². The van der Waals surface area contributed by atoms with Crippen LogP contribution in [0.25, 0.3) is 0 Å². The van der Waals surface area contributed by atoms with Gasteiger partial charge in [0.25, 0.3) is 5.79 Å². The number of aliphatic hydroxyl groups is 2. The molecule has 5 heteroatoms. The Morgan fingerprint density at radius 3 is 2.56 bits per heavy atom. The first-order valence-corrected chi connectivity index (χ1v) is 9.96. The first kappa shape index (κ1) is 23.4. The number of aliphatic carboxylic acids is 1. The Balaban J connectivity index is 2.69. The zero-order valence-electron chi connectivity index (χ0n) is 16.8. The molecule has 0 aliphatic heterocycles. The number of hydrogen-bond donors (Lipinski definition) is 3. The maximum absolute atomic E-state index is 12.3. The lowest BCUT2D eigenvalue weighted by molar-refractivity contribution is -0.202. The number of unbranched alkanes of at least 4 members (excludes halogenated alkanes) is 4. The van der Waals surface area contributed by atoms with Gasteiger partial charge in [0.05, 0.1) is 0 Å². The maximum Gasteiger partial charge on any atom is 0.364 e. The summed E-state index contributed by atoms with van der Waals surface area (Å²) in [5.41, 5.74) is 4.29. The molecular formula is C22H34O5. The van der Waals surface area contributed by atoms with Gasteiger partial charge in [-0.3, -0.25) is 4.79 Å². The number of ketones is 1. The van der Waals surface area contributed by atoms with Crippen molar-refractivity contribution in [3.63, 3.8) is 0 Å². The Morgan fingerprint density at radius 1 is 1.22 bits per heavy atom. The minimum atomic E-state index is -2.79. The number of hydrogen-bond acceptors (Lipinski definition) is 4. The smallest absolute Gasteiger partial charge is 0.364 e. The predicted molar refractivity (Wildman–Crippen MR) is 105 cm³/mol. The summed E-state index contributed by atoms with van der Waals surface area (Å²) >= 11 is 0. The van der Waals surface area contributed by atoms with Crippen LogP contribution in [0.1, 0.15) is 78.6 Å². The number of carboxylic acid groups (broad SMARTS) is 1. The van der Waals surface area contributed by atoms with Gasteiger partial charge in [-0.25, -0.2) is 4.79 Å². The largest absolute Gasteiger partial charge is 0.477 e. The van der Waals surface area contributed by atoms with Gasteiger partial charge in [-0.2, -0.15) is 0 Å². The van der Waals surface area contributed by atoms with Crippen LogP contribution in [0, 0.1) is 11.8 Å². The number of carbonyl (C=O) groups is 2. The molecule has 5 nitrogen and oxygen atoms in total. The minimum absolute atomic E-state index is 0.0651. The Hall–Kier alpha value is -1.68. The Labute approximate surface area is 162 Å². The van der Waals surface area contributed by atoms with E-state index in [1.807, 2.05) is 6.92 Å². The molecule has 0 radical (unpaired) electrons. The molecule has 0 aromatic heterocycles. The lowest BCUT2D eigenvalue weighted by atomic mass is 9.88. The van der Waals surface area contributed by atoms with E-state index in [4.69, 9.17) is 5.11 Å². The van der Waals surface area contributed by atoms with Crippen molar-refractivity contribution in [1.82, 2.24) is 0 Å². The van der Waals surface area contributed by atoms with Gasteiger partial charge in [0.2, 0.25) is 0 Å². The molecule has 0 spiro atoms. The van der Waals surface area contributed by atoms with Crippen molar-refractivity contribution < 1.29 is 24.9 Å². The second-order valence-electron chi connectivity index (χ2n) is 7.74. The molecule has 1 rings (SSSR count). The highest BCUT2D eigenvalue weighted by molar-refractivity contribution is 5.84. The van der Waals surface area contributed by atoms with Gasteiger partial charge in [-0.15, -0.1) is 5.73 Å². The predicted octanol–water partition coefficient (Wildman–Crippen LogP) is 4.15. The standard InChI is InChI=1S/C22H34O5/c1-4-5-6-7-8-9-10-18-11-12-20(23)19(18)14-16(2)13-17(3)15-22(26,27)21(24)25/h9-10,18-19,26-27H,4-8,11-12,14-15H2,1-3H3,(H,24,25)/t13?,18-,19+/m0/s1. The van der Waals surface area contributed by atoms with Crippen molar-refractivity contribution in [3.05, 3.63) is 29.0 Å². The second-order valence-corrected chi connectivity index (χ2v) is 7.74. The lowest BCUT2D eigenvalue weighted by Gasteiger charge is -2.16. The van der Waals surface area contributed by atoms with Gasteiger partial charge in [-0.1, -0.05) is 38.3 Å². The average molecular weight is 379 g/mol. The quantitative estimate of drug-likeness (QED) is 0.217. The van der Waals surface area contributed by atoms with Crippen LogP contribution in [-0.2, 0) is 9.59 Å². The van der Waals surface area contributed by atoms with Crippen LogP contribution in [-0.4, -0.2) is 32.9 Å². The highest BCUT2D eigenvalue weighted by Crippen LogP contribution is 2.34. The van der Waals surface area contributed by atoms with Crippen LogP contribution < -0.4 is 0 Å². The van der Waals surface area contributed by atoms with Gasteiger partial charge in [-0.05, 0) is 56.6 Å². The summed E-state index contributed by atoms with van der Waals surface area (Å²) in [5.74, 6) is -4.03. The third kappa shape index (κ3) is 8.25. The summed E-state index contributed by atoms with van der Waals surface area (Å²) < 4.78 is 0. The molecule has 3 N–H and O–H groups in total. The lowest BCUT2D eigenvalue weighted by Crippen LogP contribution is -2.38. The summed E-state index contributed by atoms with van der Waals surface area (Å²) in [4.78, 5) is 23.0. The maximum atomic E-state index is 12.3. The fourth-order valence-electron chi connectivity index (χ4n) is 3.62. The van der Waals surface area contributed by atoms with Crippen molar-refractivity contribution in [2.75, 3.05) is 0 Å². The highest BCUT2D eigenvalue weighted by atomic mass is 16.5. The van der Waals surface area contributed by atoms with Crippen molar-refractivity contribution in [2.45, 2.75) is 84.3 Å². The number of carboxylic acids is 1. The number of carbonyl (C=O) groups excluding carboxylic acids is 1. The fourth-order valence-corrected chi connectivity index (χ4v) is 3.62. The summed E-state index contributed by atoms with van der Waals surface area (Å²) in [6.45, 7) is 5.65. The van der Waals surface area contributed by atoms with Crippen molar-refractivity contribution >= 4 is 11.8 Å². The molecule has 0 aromatic rings. The van der Waals surface area contributed by atoms with E-state index >= 15 is 0 Å². The van der Waals surface area contributed by atoms with Gasteiger partial charge in [0.1, 0.15) is 5.78 Å². The summed E-state index contributed by atoms with van der Waals surface area (Å²) in [6, 6.07) is 0. The summed E-state index contributed by atoms with van der Waals surface area (Å²) in [5, 5.41) is 27.7.